The van der Waals surface area contributed by atoms with Gasteiger partial charge in [0.1, 0.15) is 12.1 Å². The molecule has 0 bridgehead atoms. The summed E-state index contributed by atoms with van der Waals surface area (Å²) in [6.07, 6.45) is -1.06. The number of hydrogen-bond donors (Lipinski definition) is 7. The molecule has 0 radical (unpaired) electrons. The van der Waals surface area contributed by atoms with E-state index in [4.69, 9.17) is 37.6 Å². The molecule has 0 aliphatic heterocycles. The van der Waals surface area contributed by atoms with E-state index in [-0.39, 0.29) is 5.91 Å². The molecule has 25 heavy (non-hydrogen) atoms. The average molecular weight is 368 g/mol. The Bertz CT molecular complexity index is 436. The fourth-order valence-corrected chi connectivity index (χ4v) is 0.863. The summed E-state index contributed by atoms with van der Waals surface area (Å²) in [5, 5.41) is 32.1. The first-order valence-corrected chi connectivity index (χ1v) is 6.54. The number of carbonyl (C=O) groups is 5. The number of hydrogen-bond acceptors (Lipinski definition) is 8. The molecule has 1 amide bonds. The largest absolute Gasteiger partial charge is 0.481 e. The van der Waals surface area contributed by atoms with Crippen LogP contribution >= 0.6 is 0 Å². The molecule has 146 valence electrons. The summed E-state index contributed by atoms with van der Waals surface area (Å²) in [5.74, 6) is -5.28. The highest BCUT2D eigenvalue weighted by molar-refractivity contribution is 5.80. The number of carboxylic acids is 4. The van der Waals surface area contributed by atoms with E-state index in [2.05, 4.69) is 0 Å². The summed E-state index contributed by atoms with van der Waals surface area (Å²) in [6, 6.07) is -2.58. The van der Waals surface area contributed by atoms with Crippen LogP contribution in [0.25, 0.3) is 0 Å². The van der Waals surface area contributed by atoms with Crippen LogP contribution in [0.4, 0.5) is 0 Å². The number of likely N-dealkylation sites (N-methyl/N-ethyl adjacent to an activating group) is 1. The van der Waals surface area contributed by atoms with Crippen molar-refractivity contribution in [1.29, 1.82) is 0 Å². The van der Waals surface area contributed by atoms with Crippen molar-refractivity contribution >= 4 is 29.8 Å². The molecule has 0 aromatic carbocycles. The Morgan fingerprint density at radius 2 is 1.08 bits per heavy atom. The minimum absolute atomic E-state index is 0.287. The van der Waals surface area contributed by atoms with Crippen molar-refractivity contribution in [3.05, 3.63) is 0 Å². The maximum absolute atomic E-state index is 9.99. The van der Waals surface area contributed by atoms with Crippen LogP contribution in [0.5, 0.6) is 0 Å². The van der Waals surface area contributed by atoms with Gasteiger partial charge in [0.15, 0.2) is 0 Å². The lowest BCUT2D eigenvalue weighted by Crippen LogP contribution is -2.32. The third kappa shape index (κ3) is 26.4. The average Bonchev–Trinajstić information content (AvgIpc) is 2.36. The number of amides is 1. The van der Waals surface area contributed by atoms with Gasteiger partial charge in [0, 0.05) is 0 Å². The molecule has 0 aromatic rings. The first kappa shape index (κ1) is 27.1. The van der Waals surface area contributed by atoms with Crippen LogP contribution < -0.4 is 17.2 Å². The van der Waals surface area contributed by atoms with Crippen LogP contribution in [-0.2, 0) is 24.0 Å². The van der Waals surface area contributed by atoms with Crippen molar-refractivity contribution in [3.63, 3.8) is 0 Å². The number of primary amides is 1. The first-order valence-electron chi connectivity index (χ1n) is 6.54. The van der Waals surface area contributed by atoms with Gasteiger partial charge in [-0.25, -0.2) is 0 Å². The van der Waals surface area contributed by atoms with Crippen molar-refractivity contribution in [2.24, 2.45) is 17.2 Å². The van der Waals surface area contributed by atoms with Crippen molar-refractivity contribution in [1.82, 2.24) is 4.90 Å². The van der Waals surface area contributed by atoms with Gasteiger partial charge in [-0.1, -0.05) is 0 Å². The second-order valence-electron chi connectivity index (χ2n) is 4.79. The monoisotopic (exact) mass is 368 g/mol. The zero-order valence-electron chi connectivity index (χ0n) is 13.8. The summed E-state index contributed by atoms with van der Waals surface area (Å²) >= 11 is 0. The van der Waals surface area contributed by atoms with E-state index in [0.717, 1.165) is 0 Å². The van der Waals surface area contributed by atoms with Gasteiger partial charge in [-0.3, -0.25) is 24.0 Å². The molecule has 0 saturated heterocycles. The molecule has 10 N–H and O–H groups in total. The smallest absolute Gasteiger partial charge is 0.321 e. The topological polar surface area (TPSA) is 248 Å². The zero-order chi connectivity index (χ0) is 20.7. The molecule has 0 aliphatic rings. The lowest BCUT2D eigenvalue weighted by atomic mass is 10.2. The van der Waals surface area contributed by atoms with E-state index in [9.17, 15) is 24.0 Å². The molecule has 0 aromatic heterocycles. The molecular weight excluding hydrogens is 344 g/mol. The maximum atomic E-state index is 9.99. The number of rotatable bonds is 8. The Kier molecular flexibility index (Phi) is 16.0. The van der Waals surface area contributed by atoms with E-state index >= 15 is 0 Å². The summed E-state index contributed by atoms with van der Waals surface area (Å²) < 4.78 is 0. The Labute approximate surface area is 143 Å². The molecule has 0 spiro atoms. The molecule has 13 nitrogen and oxygen atoms in total. The normalized spacial score (nSPS) is 11.7. The molecule has 0 saturated carbocycles. The van der Waals surface area contributed by atoms with Crippen molar-refractivity contribution in [2.45, 2.75) is 24.9 Å². The number of carbonyl (C=O) groups excluding carboxylic acids is 1. The standard InChI is InChI=1S/C4H10N2O.2C4H7NO4/c1-6(2)3-4(5)7;2*5-2(4(8)9)1-3(6)7/h3H2,1-2H3,(H2,5,7);2*2H,1,5H2,(H,6,7)(H,8,9)/t;2*2-/m.00/s1. The quantitative estimate of drug-likeness (QED) is 0.223. The van der Waals surface area contributed by atoms with Gasteiger partial charge in [-0.15, -0.1) is 0 Å². The first-order chi connectivity index (χ1) is 11.2. The Hall–Kier alpha value is -2.77. The number of nitrogens with zero attached hydrogens (tertiary/aromatic N) is 1. The third-order valence-electron chi connectivity index (χ3n) is 1.90. The van der Waals surface area contributed by atoms with E-state index in [1.54, 1.807) is 19.0 Å². The molecule has 0 unspecified atom stereocenters. The highest BCUT2D eigenvalue weighted by atomic mass is 16.4. The second-order valence-corrected chi connectivity index (χ2v) is 4.79. The van der Waals surface area contributed by atoms with E-state index in [1.807, 2.05) is 0 Å². The highest BCUT2D eigenvalue weighted by Gasteiger charge is 2.15. The predicted molar refractivity (Wildman–Crippen MR) is 83.5 cm³/mol. The number of aliphatic carboxylic acids is 4. The summed E-state index contributed by atoms with van der Waals surface area (Å²) in [4.78, 5) is 50.9. The predicted octanol–water partition coefficient (Wildman–Crippen LogP) is -3.22. The molecule has 0 aliphatic carbocycles. The van der Waals surface area contributed by atoms with Gasteiger partial charge in [0.2, 0.25) is 5.91 Å². The van der Waals surface area contributed by atoms with Gasteiger partial charge in [0.25, 0.3) is 0 Å². The lowest BCUT2D eigenvalue weighted by molar-refractivity contribution is -0.144. The Balaban J connectivity index is -0.000000293. The summed E-state index contributed by atoms with van der Waals surface area (Å²) in [5.41, 5.74) is 14.5. The van der Waals surface area contributed by atoms with Gasteiger partial charge < -0.3 is 42.5 Å². The minimum Gasteiger partial charge on any atom is -0.481 e. The Morgan fingerprint density at radius 3 is 1.12 bits per heavy atom. The lowest BCUT2D eigenvalue weighted by Gasteiger charge is -2.02. The van der Waals surface area contributed by atoms with Crippen LogP contribution in [0.2, 0.25) is 0 Å². The fraction of sp³-hybridized carbons (Fsp3) is 0.583. The highest BCUT2D eigenvalue weighted by Crippen LogP contribution is 1.86. The number of carboxylic acid groups (broad SMARTS) is 4. The molecular formula is C12H24N4O9. The molecule has 2 atom stereocenters. The fourth-order valence-electron chi connectivity index (χ4n) is 0.863. The SMILES string of the molecule is CN(C)CC(N)=O.N[C@@H](CC(=O)O)C(=O)O.N[C@@H](CC(=O)O)C(=O)O. The minimum atomic E-state index is -1.29. The number of nitrogens with two attached hydrogens (primary N) is 3. The van der Waals surface area contributed by atoms with Crippen LogP contribution in [0, 0.1) is 0 Å². The van der Waals surface area contributed by atoms with Crippen LogP contribution in [0.1, 0.15) is 12.8 Å². The molecule has 0 rings (SSSR count). The van der Waals surface area contributed by atoms with Gasteiger partial charge >= 0.3 is 23.9 Å². The van der Waals surface area contributed by atoms with Crippen LogP contribution in [0.3, 0.4) is 0 Å². The molecule has 0 fully saturated rings. The van der Waals surface area contributed by atoms with E-state index in [0.29, 0.717) is 6.54 Å². The molecule has 13 heteroatoms. The molecule has 0 heterocycles. The van der Waals surface area contributed by atoms with Crippen molar-refractivity contribution in [2.75, 3.05) is 20.6 Å². The van der Waals surface area contributed by atoms with E-state index in [1.165, 1.54) is 0 Å². The summed E-state index contributed by atoms with van der Waals surface area (Å²) in [6.45, 7) is 0.333. The summed E-state index contributed by atoms with van der Waals surface area (Å²) in [7, 11) is 3.59. The van der Waals surface area contributed by atoms with E-state index < -0.39 is 48.8 Å². The van der Waals surface area contributed by atoms with Crippen molar-refractivity contribution in [3.8, 4) is 0 Å². The van der Waals surface area contributed by atoms with Crippen LogP contribution in [-0.4, -0.2) is 87.8 Å². The van der Waals surface area contributed by atoms with Gasteiger partial charge in [0.05, 0.1) is 19.4 Å². The third-order valence-corrected chi connectivity index (χ3v) is 1.90. The van der Waals surface area contributed by atoms with Crippen LogP contribution in [0.15, 0.2) is 0 Å². The second kappa shape index (κ2) is 14.8. The van der Waals surface area contributed by atoms with Gasteiger partial charge in [-0.05, 0) is 14.1 Å². The Morgan fingerprint density at radius 1 is 0.800 bits per heavy atom. The zero-order valence-corrected chi connectivity index (χ0v) is 13.8. The van der Waals surface area contributed by atoms with Gasteiger partial charge in [-0.2, -0.15) is 0 Å². The maximum Gasteiger partial charge on any atom is 0.321 e. The van der Waals surface area contributed by atoms with Crippen molar-refractivity contribution < 1.29 is 44.4 Å².